The molecular formula is C5H8INO3. The highest BCUT2D eigenvalue weighted by molar-refractivity contribution is 14.1. The van der Waals surface area contributed by atoms with E-state index < -0.39 is 11.9 Å². The molecule has 10 heavy (non-hydrogen) atoms. The molecule has 5 heteroatoms. The van der Waals surface area contributed by atoms with Gasteiger partial charge in [-0.3, -0.25) is 13.1 Å². The van der Waals surface area contributed by atoms with Crippen LogP contribution in [-0.2, 0) is 9.59 Å². The molecule has 0 aliphatic carbocycles. The highest BCUT2D eigenvalue weighted by Gasteiger charge is 2.14. The molecule has 0 fully saturated rings. The normalized spacial score (nSPS) is 12.2. The summed E-state index contributed by atoms with van der Waals surface area (Å²) < 4.78 is 2.32. The lowest BCUT2D eigenvalue weighted by atomic mass is 10.1. The van der Waals surface area contributed by atoms with Crippen LogP contribution < -0.4 is 3.53 Å². The molecule has 0 bridgehead atoms. The maximum Gasteiger partial charge on any atom is 0.306 e. The molecule has 0 aromatic rings. The van der Waals surface area contributed by atoms with E-state index in [1.165, 1.54) is 6.92 Å². The predicted molar refractivity (Wildman–Crippen MR) is 43.6 cm³/mol. The van der Waals surface area contributed by atoms with Gasteiger partial charge in [-0.2, -0.15) is 0 Å². The van der Waals surface area contributed by atoms with Gasteiger partial charge < -0.3 is 5.11 Å². The summed E-state index contributed by atoms with van der Waals surface area (Å²) in [7, 11) is 0. The van der Waals surface area contributed by atoms with Crippen LogP contribution >= 0.6 is 22.9 Å². The number of amides is 1. The number of halogens is 1. The Bertz CT molecular complexity index is 148. The molecule has 1 atom stereocenters. The van der Waals surface area contributed by atoms with Gasteiger partial charge in [0.1, 0.15) is 0 Å². The van der Waals surface area contributed by atoms with Crippen LogP contribution in [0.2, 0.25) is 0 Å². The first-order valence-corrected chi connectivity index (χ1v) is 3.78. The summed E-state index contributed by atoms with van der Waals surface area (Å²) in [6.45, 7) is 1.49. The number of carboxylic acid groups (broad SMARTS) is 1. The van der Waals surface area contributed by atoms with Crippen molar-refractivity contribution in [3.63, 3.8) is 0 Å². The summed E-state index contributed by atoms with van der Waals surface area (Å²) >= 11 is 1.68. The van der Waals surface area contributed by atoms with Crippen molar-refractivity contribution in [1.29, 1.82) is 0 Å². The average molecular weight is 257 g/mol. The maximum atomic E-state index is 10.5. The standard InChI is InChI=1S/C5H8INO3/c1-3(5(9)10)2-4(8)7-6/h3H,2H2,1H3,(H,7,8)(H,9,10). The van der Waals surface area contributed by atoms with Gasteiger partial charge in [0.15, 0.2) is 0 Å². The minimum atomic E-state index is -0.944. The molecule has 4 nitrogen and oxygen atoms in total. The second-order valence-corrected chi connectivity index (χ2v) is 2.50. The summed E-state index contributed by atoms with van der Waals surface area (Å²) in [5.41, 5.74) is 0. The lowest BCUT2D eigenvalue weighted by Crippen LogP contribution is -2.20. The third-order valence-corrected chi connectivity index (χ3v) is 1.62. The Hall–Kier alpha value is -0.330. The fraction of sp³-hybridized carbons (Fsp3) is 0.600. The maximum absolute atomic E-state index is 10.5. The Kier molecular flexibility index (Phi) is 4.33. The molecular weight excluding hydrogens is 249 g/mol. The zero-order valence-electron chi connectivity index (χ0n) is 5.43. The second kappa shape index (κ2) is 4.48. The molecule has 0 saturated heterocycles. The summed E-state index contributed by atoms with van der Waals surface area (Å²) in [5.74, 6) is -1.80. The van der Waals surface area contributed by atoms with Crippen molar-refractivity contribution in [2.75, 3.05) is 0 Å². The predicted octanol–water partition coefficient (Wildman–Crippen LogP) is 0.563. The van der Waals surface area contributed by atoms with Crippen LogP contribution in [-0.4, -0.2) is 17.0 Å². The van der Waals surface area contributed by atoms with Crippen LogP contribution in [0.15, 0.2) is 0 Å². The van der Waals surface area contributed by atoms with Crippen LogP contribution in [0.4, 0.5) is 0 Å². The largest absolute Gasteiger partial charge is 0.481 e. The Labute approximate surface area is 72.5 Å². The van der Waals surface area contributed by atoms with Gasteiger partial charge in [0.2, 0.25) is 5.91 Å². The van der Waals surface area contributed by atoms with Gasteiger partial charge in [0.25, 0.3) is 0 Å². The van der Waals surface area contributed by atoms with E-state index >= 15 is 0 Å². The minimum Gasteiger partial charge on any atom is -0.481 e. The van der Waals surface area contributed by atoms with Crippen LogP contribution in [0.3, 0.4) is 0 Å². The monoisotopic (exact) mass is 257 g/mol. The molecule has 2 N–H and O–H groups in total. The zero-order chi connectivity index (χ0) is 8.15. The molecule has 0 heterocycles. The number of hydrogen-bond acceptors (Lipinski definition) is 2. The smallest absolute Gasteiger partial charge is 0.306 e. The van der Waals surface area contributed by atoms with Gasteiger partial charge in [-0.1, -0.05) is 6.92 Å². The first-order chi connectivity index (χ1) is 4.57. The zero-order valence-corrected chi connectivity index (χ0v) is 7.58. The first kappa shape index (κ1) is 9.67. The van der Waals surface area contributed by atoms with Crippen LogP contribution in [0, 0.1) is 5.92 Å². The number of rotatable bonds is 3. The van der Waals surface area contributed by atoms with E-state index in [2.05, 4.69) is 3.53 Å². The fourth-order valence-electron chi connectivity index (χ4n) is 0.404. The van der Waals surface area contributed by atoms with Gasteiger partial charge in [0, 0.05) is 6.42 Å². The molecule has 0 saturated carbocycles. The molecule has 0 aromatic heterocycles. The first-order valence-electron chi connectivity index (χ1n) is 2.70. The molecule has 1 amide bonds. The van der Waals surface area contributed by atoms with Gasteiger partial charge in [-0.25, -0.2) is 0 Å². The molecule has 58 valence electrons. The topological polar surface area (TPSA) is 66.4 Å². The molecule has 0 spiro atoms. The van der Waals surface area contributed by atoms with Crippen LogP contribution in [0.25, 0.3) is 0 Å². The van der Waals surface area contributed by atoms with E-state index in [4.69, 9.17) is 5.11 Å². The Morgan fingerprint density at radius 1 is 1.70 bits per heavy atom. The van der Waals surface area contributed by atoms with Crippen LogP contribution in [0.1, 0.15) is 13.3 Å². The van der Waals surface area contributed by atoms with Gasteiger partial charge >= 0.3 is 5.97 Å². The van der Waals surface area contributed by atoms with E-state index in [1.54, 1.807) is 22.9 Å². The summed E-state index contributed by atoms with van der Waals surface area (Å²) in [4.78, 5) is 20.7. The van der Waals surface area contributed by atoms with Crippen LogP contribution in [0.5, 0.6) is 0 Å². The third-order valence-electron chi connectivity index (χ3n) is 1.02. The van der Waals surface area contributed by atoms with E-state index in [-0.39, 0.29) is 12.3 Å². The average Bonchev–Trinajstić information content (AvgIpc) is 1.87. The number of carbonyl (C=O) groups excluding carboxylic acids is 1. The SMILES string of the molecule is CC(CC(=O)NI)C(=O)O. The molecule has 0 aliphatic rings. The number of hydrogen-bond donors (Lipinski definition) is 2. The van der Waals surface area contributed by atoms with E-state index in [0.717, 1.165) is 0 Å². The van der Waals surface area contributed by atoms with Crippen molar-refractivity contribution in [1.82, 2.24) is 3.53 Å². The van der Waals surface area contributed by atoms with Crippen molar-refractivity contribution in [2.24, 2.45) is 5.92 Å². The second-order valence-electron chi connectivity index (χ2n) is 1.96. The van der Waals surface area contributed by atoms with Crippen molar-refractivity contribution in [2.45, 2.75) is 13.3 Å². The summed E-state index contributed by atoms with van der Waals surface area (Å²) in [6, 6.07) is 0. The Morgan fingerprint density at radius 3 is 2.50 bits per heavy atom. The Balaban J connectivity index is 3.68. The molecule has 0 aromatic carbocycles. The van der Waals surface area contributed by atoms with Crippen molar-refractivity contribution >= 4 is 34.7 Å². The fourth-order valence-corrected chi connectivity index (χ4v) is 0.624. The quantitative estimate of drug-likeness (QED) is 0.573. The highest BCUT2D eigenvalue weighted by Crippen LogP contribution is 2.01. The number of nitrogens with one attached hydrogen (secondary N) is 1. The molecule has 0 aliphatic heterocycles. The highest BCUT2D eigenvalue weighted by atomic mass is 127. The van der Waals surface area contributed by atoms with E-state index in [9.17, 15) is 9.59 Å². The van der Waals surface area contributed by atoms with Gasteiger partial charge in [-0.05, 0) is 0 Å². The van der Waals surface area contributed by atoms with Crippen molar-refractivity contribution in [3.8, 4) is 0 Å². The summed E-state index contributed by atoms with van der Waals surface area (Å²) in [6.07, 6.45) is 0.0400. The van der Waals surface area contributed by atoms with Gasteiger partial charge in [0.05, 0.1) is 28.8 Å². The lowest BCUT2D eigenvalue weighted by Gasteiger charge is -2.01. The number of aliphatic carboxylic acids is 1. The minimum absolute atomic E-state index is 0.0400. The molecule has 0 radical (unpaired) electrons. The molecule has 1 unspecified atom stereocenters. The summed E-state index contributed by atoms with van der Waals surface area (Å²) in [5, 5.41) is 8.34. The molecule has 0 rings (SSSR count). The third kappa shape index (κ3) is 3.65. The van der Waals surface area contributed by atoms with Gasteiger partial charge in [-0.15, -0.1) is 0 Å². The van der Waals surface area contributed by atoms with E-state index in [0.29, 0.717) is 0 Å². The van der Waals surface area contributed by atoms with E-state index in [1.807, 2.05) is 0 Å². The van der Waals surface area contributed by atoms with Crippen molar-refractivity contribution in [3.05, 3.63) is 0 Å². The number of carboxylic acids is 1. The lowest BCUT2D eigenvalue weighted by molar-refractivity contribution is -0.143. The number of carbonyl (C=O) groups is 2. The van der Waals surface area contributed by atoms with Crippen molar-refractivity contribution < 1.29 is 14.7 Å². The Morgan fingerprint density at radius 2 is 2.20 bits per heavy atom.